The van der Waals surface area contributed by atoms with Crippen LogP contribution in [0.5, 0.6) is 0 Å². The summed E-state index contributed by atoms with van der Waals surface area (Å²) in [6.45, 7) is 1.47. The number of carbonyl (C=O) groups excluding carboxylic acids is 1. The van der Waals surface area contributed by atoms with Crippen LogP contribution in [0.3, 0.4) is 0 Å². The third kappa shape index (κ3) is 2.66. The molecule has 0 saturated heterocycles. The number of anilines is 1. The molecule has 6 heteroatoms. The highest BCUT2D eigenvalue weighted by atomic mass is 79.9. The number of benzene rings is 1. The van der Waals surface area contributed by atoms with Gasteiger partial charge in [0.25, 0.3) is 0 Å². The molecule has 3 rings (SSSR count). The largest absolute Gasteiger partial charge is 0.323 e. The average molecular weight is 365 g/mol. The Kier molecular flexibility index (Phi) is 3.69. The van der Waals surface area contributed by atoms with Crippen molar-refractivity contribution in [2.24, 2.45) is 0 Å². The normalized spacial score (nSPS) is 10.8. The maximum absolute atomic E-state index is 11.4. The third-order valence-electron chi connectivity index (χ3n) is 3.06. The van der Waals surface area contributed by atoms with Gasteiger partial charge in [0.05, 0.1) is 11.9 Å². The number of pyridine rings is 1. The first-order valence-corrected chi connectivity index (χ1v) is 7.42. The van der Waals surface area contributed by atoms with Crippen molar-refractivity contribution in [2.75, 3.05) is 5.32 Å². The molecule has 0 aliphatic carbocycles. The first-order valence-electron chi connectivity index (χ1n) is 6.25. The molecular weight excluding hydrogens is 354 g/mol. The van der Waals surface area contributed by atoms with Gasteiger partial charge in [0.2, 0.25) is 5.91 Å². The SMILES string of the molecule is CC(=O)Nc1cc(-c2ccccc2Cl)cn2c(Br)cnc12. The zero-order valence-electron chi connectivity index (χ0n) is 11.1. The molecule has 1 aromatic carbocycles. The van der Waals surface area contributed by atoms with E-state index in [1.54, 1.807) is 6.20 Å². The lowest BCUT2D eigenvalue weighted by Gasteiger charge is -2.10. The number of rotatable bonds is 2. The topological polar surface area (TPSA) is 46.4 Å². The first-order chi connectivity index (χ1) is 10.1. The summed E-state index contributed by atoms with van der Waals surface area (Å²) in [7, 11) is 0. The van der Waals surface area contributed by atoms with Crippen molar-refractivity contribution in [3.05, 3.63) is 52.4 Å². The lowest BCUT2D eigenvalue weighted by Crippen LogP contribution is -2.07. The predicted octanol–water partition coefficient (Wildman–Crippen LogP) is 4.38. The zero-order chi connectivity index (χ0) is 15.0. The van der Waals surface area contributed by atoms with Gasteiger partial charge >= 0.3 is 0 Å². The number of fused-ring (bicyclic) bond motifs is 1. The highest BCUT2D eigenvalue weighted by Gasteiger charge is 2.12. The Labute approximate surface area is 134 Å². The standard InChI is InChI=1S/C15H11BrClN3O/c1-9(21)19-13-6-10(11-4-2-3-5-12(11)17)8-20-14(16)7-18-15(13)20/h2-8H,1H3,(H,19,21). The Morgan fingerprint density at radius 1 is 1.38 bits per heavy atom. The Balaban J connectivity index is 2.27. The fourth-order valence-corrected chi connectivity index (χ4v) is 2.80. The highest BCUT2D eigenvalue weighted by molar-refractivity contribution is 9.10. The van der Waals surface area contributed by atoms with E-state index >= 15 is 0 Å². The van der Waals surface area contributed by atoms with Gasteiger partial charge in [-0.25, -0.2) is 4.98 Å². The van der Waals surface area contributed by atoms with E-state index in [1.807, 2.05) is 40.9 Å². The summed E-state index contributed by atoms with van der Waals surface area (Å²) in [4.78, 5) is 15.7. The third-order valence-corrected chi connectivity index (χ3v) is 3.97. The monoisotopic (exact) mass is 363 g/mol. The summed E-state index contributed by atoms with van der Waals surface area (Å²) >= 11 is 9.71. The van der Waals surface area contributed by atoms with Crippen molar-refractivity contribution in [3.8, 4) is 11.1 Å². The van der Waals surface area contributed by atoms with Gasteiger partial charge in [-0.3, -0.25) is 9.20 Å². The second-order valence-corrected chi connectivity index (χ2v) is 5.80. The molecule has 0 saturated carbocycles. The summed E-state index contributed by atoms with van der Waals surface area (Å²) in [5, 5.41) is 3.46. The van der Waals surface area contributed by atoms with Crippen molar-refractivity contribution >= 4 is 44.8 Å². The van der Waals surface area contributed by atoms with Crippen molar-refractivity contribution < 1.29 is 4.79 Å². The van der Waals surface area contributed by atoms with Crippen LogP contribution in [-0.4, -0.2) is 15.3 Å². The number of hydrogen-bond acceptors (Lipinski definition) is 2. The number of halogens is 2. The molecule has 0 aliphatic rings. The van der Waals surface area contributed by atoms with E-state index in [2.05, 4.69) is 26.2 Å². The van der Waals surface area contributed by atoms with Gasteiger partial charge < -0.3 is 5.32 Å². The smallest absolute Gasteiger partial charge is 0.221 e. The van der Waals surface area contributed by atoms with Gasteiger partial charge in [0, 0.05) is 29.3 Å². The second-order valence-electron chi connectivity index (χ2n) is 4.58. The van der Waals surface area contributed by atoms with Crippen LogP contribution in [0.25, 0.3) is 16.8 Å². The number of nitrogens with one attached hydrogen (secondary N) is 1. The Hall–Kier alpha value is -1.85. The van der Waals surface area contributed by atoms with Gasteiger partial charge in [-0.2, -0.15) is 0 Å². The van der Waals surface area contributed by atoms with Crippen molar-refractivity contribution in [3.63, 3.8) is 0 Å². The lowest BCUT2D eigenvalue weighted by molar-refractivity contribution is -0.114. The summed E-state index contributed by atoms with van der Waals surface area (Å²) in [6.07, 6.45) is 3.62. The highest BCUT2D eigenvalue weighted by Crippen LogP contribution is 2.32. The van der Waals surface area contributed by atoms with Gasteiger partial charge in [-0.15, -0.1) is 0 Å². The summed E-state index contributed by atoms with van der Waals surface area (Å²) in [5.41, 5.74) is 3.11. The zero-order valence-corrected chi connectivity index (χ0v) is 13.4. The van der Waals surface area contributed by atoms with E-state index in [1.165, 1.54) is 6.92 Å². The van der Waals surface area contributed by atoms with E-state index in [4.69, 9.17) is 11.6 Å². The number of imidazole rings is 1. The van der Waals surface area contributed by atoms with Gasteiger partial charge in [0.1, 0.15) is 4.60 Å². The van der Waals surface area contributed by atoms with Gasteiger partial charge in [-0.05, 0) is 28.1 Å². The number of carbonyl (C=O) groups is 1. The van der Waals surface area contributed by atoms with Crippen LogP contribution in [0.4, 0.5) is 5.69 Å². The average Bonchev–Trinajstić information content (AvgIpc) is 2.81. The van der Waals surface area contributed by atoms with Crippen LogP contribution < -0.4 is 5.32 Å². The van der Waals surface area contributed by atoms with Crippen LogP contribution in [0.15, 0.2) is 47.3 Å². The fraction of sp³-hybridized carbons (Fsp3) is 0.0667. The summed E-state index contributed by atoms with van der Waals surface area (Å²) < 4.78 is 2.67. The van der Waals surface area contributed by atoms with Crippen molar-refractivity contribution in [2.45, 2.75) is 6.92 Å². The molecule has 0 aliphatic heterocycles. The minimum absolute atomic E-state index is 0.146. The number of aromatic nitrogens is 2. The Bertz CT molecular complexity index is 844. The molecule has 2 heterocycles. The number of hydrogen-bond donors (Lipinski definition) is 1. The summed E-state index contributed by atoms with van der Waals surface area (Å²) in [6, 6.07) is 9.45. The fourth-order valence-electron chi connectivity index (χ4n) is 2.18. The summed E-state index contributed by atoms with van der Waals surface area (Å²) in [5.74, 6) is -0.146. The van der Waals surface area contributed by atoms with Crippen LogP contribution in [0.1, 0.15) is 6.92 Å². The van der Waals surface area contributed by atoms with E-state index in [0.29, 0.717) is 16.4 Å². The van der Waals surface area contributed by atoms with Crippen LogP contribution in [0, 0.1) is 0 Å². The molecule has 1 N–H and O–H groups in total. The Morgan fingerprint density at radius 2 is 2.14 bits per heavy atom. The van der Waals surface area contributed by atoms with Gasteiger partial charge in [-0.1, -0.05) is 29.8 Å². The lowest BCUT2D eigenvalue weighted by atomic mass is 10.1. The molecule has 0 spiro atoms. The van der Waals surface area contributed by atoms with Gasteiger partial charge in [0.15, 0.2) is 5.65 Å². The van der Waals surface area contributed by atoms with Crippen molar-refractivity contribution in [1.82, 2.24) is 9.38 Å². The van der Waals surface area contributed by atoms with E-state index < -0.39 is 0 Å². The minimum atomic E-state index is -0.146. The molecular formula is C15H11BrClN3O. The molecule has 2 aromatic heterocycles. The van der Waals surface area contributed by atoms with Crippen LogP contribution in [-0.2, 0) is 4.79 Å². The molecule has 0 unspecified atom stereocenters. The van der Waals surface area contributed by atoms with Crippen LogP contribution in [0.2, 0.25) is 5.02 Å². The molecule has 0 radical (unpaired) electrons. The minimum Gasteiger partial charge on any atom is -0.323 e. The second kappa shape index (κ2) is 5.50. The van der Waals surface area contributed by atoms with E-state index in [0.717, 1.165) is 15.7 Å². The Morgan fingerprint density at radius 3 is 2.86 bits per heavy atom. The maximum Gasteiger partial charge on any atom is 0.221 e. The maximum atomic E-state index is 11.4. The molecule has 4 nitrogen and oxygen atoms in total. The van der Waals surface area contributed by atoms with Crippen LogP contribution >= 0.6 is 27.5 Å². The van der Waals surface area contributed by atoms with E-state index in [9.17, 15) is 4.79 Å². The number of nitrogens with zero attached hydrogens (tertiary/aromatic N) is 2. The molecule has 0 atom stereocenters. The predicted molar refractivity (Wildman–Crippen MR) is 87.6 cm³/mol. The molecule has 0 bridgehead atoms. The van der Waals surface area contributed by atoms with Crippen molar-refractivity contribution in [1.29, 1.82) is 0 Å². The molecule has 1 amide bonds. The first kappa shape index (κ1) is 14.1. The van der Waals surface area contributed by atoms with E-state index in [-0.39, 0.29) is 5.91 Å². The molecule has 0 fully saturated rings. The molecule has 3 aromatic rings. The molecule has 106 valence electrons. The number of amides is 1. The quantitative estimate of drug-likeness (QED) is 0.733. The molecule has 21 heavy (non-hydrogen) atoms.